The number of anilines is 1. The highest BCUT2D eigenvalue weighted by molar-refractivity contribution is 7.70. The van der Waals surface area contributed by atoms with E-state index in [-0.39, 0.29) is 0 Å². The predicted octanol–water partition coefficient (Wildman–Crippen LogP) is 2.57. The lowest BCUT2D eigenvalue weighted by Gasteiger charge is -2.14. The van der Waals surface area contributed by atoms with E-state index < -0.39 is 7.14 Å². The van der Waals surface area contributed by atoms with Gasteiger partial charge in [0.25, 0.3) is 0 Å². The molecule has 2 N–H and O–H groups in total. The number of rotatable bonds is 3. The van der Waals surface area contributed by atoms with E-state index in [4.69, 9.17) is 5.73 Å². The van der Waals surface area contributed by atoms with E-state index in [2.05, 4.69) is 16.7 Å². The molecular formula is C11H16N3OP. The Morgan fingerprint density at radius 1 is 1.44 bits per heavy atom. The largest absolute Gasteiger partial charge is 0.398 e. The van der Waals surface area contributed by atoms with E-state index in [1.54, 1.807) is 38.6 Å². The molecule has 1 aromatic carbocycles. The zero-order valence-electron chi connectivity index (χ0n) is 9.77. The standard InChI is InChI=1S/C11H16N3OP/c1-5-14-10-9(13-2)7-6-8(12)11(10)16(3,4)15/h5-7H,2,12H2,1,3-4H3/b14-5-. The number of nitrogens with zero attached hydrogens (tertiary/aromatic N) is 2. The smallest absolute Gasteiger partial charge is 0.114 e. The quantitative estimate of drug-likeness (QED) is 0.498. The van der Waals surface area contributed by atoms with Crippen LogP contribution in [-0.2, 0) is 4.57 Å². The lowest BCUT2D eigenvalue weighted by atomic mass is 10.2. The topological polar surface area (TPSA) is 67.8 Å². The predicted molar refractivity (Wildman–Crippen MR) is 73.0 cm³/mol. The van der Waals surface area contributed by atoms with Crippen LogP contribution in [0.3, 0.4) is 0 Å². The van der Waals surface area contributed by atoms with E-state index in [1.807, 2.05) is 0 Å². The molecule has 0 amide bonds. The van der Waals surface area contributed by atoms with Gasteiger partial charge in [-0.1, -0.05) is 0 Å². The molecule has 0 fully saturated rings. The van der Waals surface area contributed by atoms with Crippen LogP contribution in [0.5, 0.6) is 0 Å². The number of hydrogen-bond acceptors (Lipinski definition) is 4. The van der Waals surface area contributed by atoms with Crippen LogP contribution in [0, 0.1) is 0 Å². The van der Waals surface area contributed by atoms with Gasteiger partial charge in [-0.3, -0.25) is 9.98 Å². The lowest BCUT2D eigenvalue weighted by Crippen LogP contribution is -2.10. The van der Waals surface area contributed by atoms with Gasteiger partial charge in [-0.25, -0.2) is 0 Å². The number of nitrogens with two attached hydrogens (primary N) is 1. The second-order valence-corrected chi connectivity index (χ2v) is 6.92. The van der Waals surface area contributed by atoms with E-state index in [1.165, 1.54) is 0 Å². The fourth-order valence-corrected chi connectivity index (χ4v) is 2.91. The van der Waals surface area contributed by atoms with E-state index in [0.717, 1.165) is 0 Å². The van der Waals surface area contributed by atoms with Crippen molar-refractivity contribution in [1.29, 1.82) is 0 Å². The summed E-state index contributed by atoms with van der Waals surface area (Å²) in [6.07, 6.45) is 1.63. The van der Waals surface area contributed by atoms with Crippen LogP contribution in [0.25, 0.3) is 0 Å². The van der Waals surface area contributed by atoms with Crippen LogP contribution in [-0.4, -0.2) is 26.3 Å². The molecule has 86 valence electrons. The first-order valence-electron chi connectivity index (χ1n) is 4.85. The first-order chi connectivity index (χ1) is 7.41. The molecule has 0 bridgehead atoms. The van der Waals surface area contributed by atoms with Gasteiger partial charge >= 0.3 is 0 Å². The van der Waals surface area contributed by atoms with E-state index >= 15 is 0 Å². The third-order valence-electron chi connectivity index (χ3n) is 2.13. The molecule has 5 heteroatoms. The maximum absolute atomic E-state index is 12.2. The molecule has 16 heavy (non-hydrogen) atoms. The minimum absolute atomic E-state index is 0.487. The number of nitrogen functional groups attached to an aromatic ring is 1. The van der Waals surface area contributed by atoms with Gasteiger partial charge < -0.3 is 10.3 Å². The molecule has 0 aliphatic carbocycles. The molecule has 0 aliphatic heterocycles. The minimum Gasteiger partial charge on any atom is -0.398 e. The molecular weight excluding hydrogens is 221 g/mol. The Kier molecular flexibility index (Phi) is 3.66. The second-order valence-electron chi connectivity index (χ2n) is 3.77. The summed E-state index contributed by atoms with van der Waals surface area (Å²) in [4.78, 5) is 8.06. The summed E-state index contributed by atoms with van der Waals surface area (Å²) in [5, 5.41) is 0.579. The van der Waals surface area contributed by atoms with Crippen molar-refractivity contribution in [1.82, 2.24) is 0 Å². The van der Waals surface area contributed by atoms with Crippen LogP contribution in [0.1, 0.15) is 6.92 Å². The van der Waals surface area contributed by atoms with Crippen LogP contribution in [0.4, 0.5) is 17.1 Å². The highest BCUT2D eigenvalue weighted by atomic mass is 31.2. The summed E-state index contributed by atoms with van der Waals surface area (Å²) in [5.41, 5.74) is 7.50. The average molecular weight is 237 g/mol. The molecule has 0 atom stereocenters. The Morgan fingerprint density at radius 3 is 2.50 bits per heavy atom. The highest BCUT2D eigenvalue weighted by Gasteiger charge is 2.21. The fourth-order valence-electron chi connectivity index (χ4n) is 1.53. The van der Waals surface area contributed by atoms with Crippen molar-refractivity contribution in [2.75, 3.05) is 19.1 Å². The van der Waals surface area contributed by atoms with Gasteiger partial charge in [-0.2, -0.15) is 0 Å². The average Bonchev–Trinajstić information content (AvgIpc) is 2.16. The molecule has 0 saturated carbocycles. The van der Waals surface area contributed by atoms with Gasteiger partial charge in [0.15, 0.2) is 0 Å². The zero-order valence-corrected chi connectivity index (χ0v) is 10.7. The van der Waals surface area contributed by atoms with Crippen molar-refractivity contribution < 1.29 is 4.57 Å². The van der Waals surface area contributed by atoms with Crippen LogP contribution in [0.15, 0.2) is 22.1 Å². The lowest BCUT2D eigenvalue weighted by molar-refractivity contribution is 0.588. The van der Waals surface area contributed by atoms with Crippen LogP contribution >= 0.6 is 7.14 Å². The molecule has 1 aromatic rings. The molecule has 0 aromatic heterocycles. The zero-order chi connectivity index (χ0) is 12.3. The SMILES string of the molecule is C=Nc1ccc(N)c(P(C)(C)=O)c1/N=C\C. The molecule has 1 rings (SSSR count). The molecule has 0 aliphatic rings. The summed E-state index contributed by atoms with van der Waals surface area (Å²) in [5.74, 6) is 0. The van der Waals surface area contributed by atoms with Crippen molar-refractivity contribution in [3.63, 3.8) is 0 Å². The molecule has 0 spiro atoms. The maximum atomic E-state index is 12.2. The number of hydrogen-bond donors (Lipinski definition) is 1. The second kappa shape index (κ2) is 4.62. The van der Waals surface area contributed by atoms with E-state index in [9.17, 15) is 4.57 Å². The Balaban J connectivity index is 3.68. The Morgan fingerprint density at radius 2 is 2.06 bits per heavy atom. The summed E-state index contributed by atoms with van der Waals surface area (Å²) in [6.45, 7) is 8.59. The normalized spacial score (nSPS) is 11.9. The van der Waals surface area contributed by atoms with Gasteiger partial charge in [-0.05, 0) is 39.1 Å². The minimum atomic E-state index is -2.49. The summed E-state index contributed by atoms with van der Waals surface area (Å²) >= 11 is 0. The fraction of sp³-hybridized carbons (Fsp3) is 0.273. The first kappa shape index (κ1) is 12.7. The van der Waals surface area contributed by atoms with Crippen molar-refractivity contribution in [2.24, 2.45) is 9.98 Å². The number of benzene rings is 1. The Bertz CT molecular complexity index is 488. The Labute approximate surface area is 95.7 Å². The van der Waals surface area contributed by atoms with E-state index in [0.29, 0.717) is 22.4 Å². The third kappa shape index (κ3) is 2.39. The first-order valence-corrected chi connectivity index (χ1v) is 7.45. The summed E-state index contributed by atoms with van der Waals surface area (Å²) in [6, 6.07) is 3.41. The molecule has 0 heterocycles. The number of aliphatic imine (C=N–C) groups is 2. The molecule has 0 unspecified atom stereocenters. The summed E-state index contributed by atoms with van der Waals surface area (Å²) in [7, 11) is -2.49. The van der Waals surface area contributed by atoms with Crippen molar-refractivity contribution in [2.45, 2.75) is 6.92 Å². The third-order valence-corrected chi connectivity index (χ3v) is 3.68. The van der Waals surface area contributed by atoms with Gasteiger partial charge in [0.1, 0.15) is 12.8 Å². The van der Waals surface area contributed by atoms with Crippen molar-refractivity contribution >= 4 is 42.4 Å². The van der Waals surface area contributed by atoms with Gasteiger partial charge in [0.05, 0.1) is 11.0 Å². The van der Waals surface area contributed by atoms with Crippen molar-refractivity contribution in [3.8, 4) is 0 Å². The molecule has 0 saturated heterocycles. The van der Waals surface area contributed by atoms with Gasteiger partial charge in [-0.15, -0.1) is 0 Å². The summed E-state index contributed by atoms with van der Waals surface area (Å²) < 4.78 is 12.2. The Hall–Kier alpha value is -1.41. The molecule has 4 nitrogen and oxygen atoms in total. The highest BCUT2D eigenvalue weighted by Crippen LogP contribution is 2.44. The van der Waals surface area contributed by atoms with Gasteiger partial charge in [0, 0.05) is 11.9 Å². The van der Waals surface area contributed by atoms with Gasteiger partial charge in [0.2, 0.25) is 0 Å². The van der Waals surface area contributed by atoms with Crippen LogP contribution < -0.4 is 11.0 Å². The molecule has 0 radical (unpaired) electrons. The van der Waals surface area contributed by atoms with Crippen molar-refractivity contribution in [3.05, 3.63) is 12.1 Å². The van der Waals surface area contributed by atoms with Crippen LogP contribution in [0.2, 0.25) is 0 Å². The maximum Gasteiger partial charge on any atom is 0.114 e. The monoisotopic (exact) mass is 237 g/mol.